The Bertz CT molecular complexity index is 5120. The van der Waals surface area contributed by atoms with E-state index in [1.54, 1.807) is 128 Å². The number of phenols is 1. The topological polar surface area (TPSA) is 616 Å². The van der Waals surface area contributed by atoms with Gasteiger partial charge in [0.05, 0.1) is 18.3 Å². The number of carboxylic acids is 1. The van der Waals surface area contributed by atoms with Crippen LogP contribution in [0.1, 0.15) is 136 Å². The third kappa shape index (κ3) is 32.5. The maximum atomic E-state index is 15.5. The third-order valence-corrected chi connectivity index (χ3v) is 24.0. The minimum absolute atomic E-state index is 0.00539. The van der Waals surface area contributed by atoms with E-state index in [1.165, 1.54) is 36.1 Å². The molecule has 39 nitrogen and oxygen atoms in total. The SMILES string of the molecule is CC(C)C[C@@H]1NC(=O)[C@H](Cc2c[nH]c3ccccc23)NC(=O)[C@H](CC(=O)O)NC(=O)[C@H](Cc2ccc(O)cc2)NC(=O)[C@H](Cc2ccccc2)NC(=O)CSC[C@@H](C(=O)N[C@@H](C)C(N)=O)NC(=O)[C@H]([C@@H](C)O)NC(=O)[C@H](C(C)C)NC(=O)[C@H](CC(C)C)NC(=O)[C@H](CCN)NC(=O)[C@H]2CCCN2C(=O)[C@H](CCN)NC(=O)[C@H](C(C)C)NC(=O)[C@H](Cc2ccc(-c3ccccc3)cc2)NC1=O. The van der Waals surface area contributed by atoms with Gasteiger partial charge in [-0.15, -0.1) is 11.8 Å². The molecule has 24 N–H and O–H groups in total. The number of hydrogen-bond donors (Lipinski definition) is 21. The number of primary amides is 1. The van der Waals surface area contributed by atoms with Crippen molar-refractivity contribution in [1.82, 2.24) is 84.3 Å². The van der Waals surface area contributed by atoms with Gasteiger partial charge in [-0.1, -0.05) is 171 Å². The van der Waals surface area contributed by atoms with E-state index < -0.39 is 233 Å². The number of aromatic nitrogens is 1. The van der Waals surface area contributed by atoms with Gasteiger partial charge in [-0.2, -0.15) is 0 Å². The number of carboxylic acid groups (broad SMARTS) is 1. The van der Waals surface area contributed by atoms with Gasteiger partial charge in [0.1, 0.15) is 96.4 Å². The number of aliphatic carboxylic acids is 1. The summed E-state index contributed by atoms with van der Waals surface area (Å²) in [6, 6.07) is 13.5. The van der Waals surface area contributed by atoms with E-state index in [0.717, 1.165) is 29.8 Å². The van der Waals surface area contributed by atoms with Crippen LogP contribution in [0.25, 0.3) is 22.0 Å². The molecule has 40 heteroatoms. The largest absolute Gasteiger partial charge is 0.508 e. The van der Waals surface area contributed by atoms with Crippen molar-refractivity contribution in [3.63, 3.8) is 0 Å². The first kappa shape index (κ1) is 107. The molecule has 16 atom stereocenters. The number of hydrogen-bond acceptors (Lipinski definition) is 22. The van der Waals surface area contributed by atoms with E-state index in [9.17, 15) is 68.1 Å². The molecule has 0 saturated carbocycles. The van der Waals surface area contributed by atoms with E-state index in [2.05, 4.69) is 79.4 Å². The van der Waals surface area contributed by atoms with Crippen LogP contribution in [0, 0.1) is 23.7 Å². The molecule has 3 heterocycles. The molecule has 0 aliphatic carbocycles. The second-order valence-electron chi connectivity index (χ2n) is 35.6. The lowest BCUT2D eigenvalue weighted by Crippen LogP contribution is -2.63. The van der Waals surface area contributed by atoms with Crippen LogP contribution in [0.3, 0.4) is 0 Å². The number of carbonyl (C=O) groups excluding carboxylic acids is 16. The second kappa shape index (κ2) is 51.8. The van der Waals surface area contributed by atoms with Crippen molar-refractivity contribution in [3.05, 3.63) is 162 Å². The van der Waals surface area contributed by atoms with Crippen LogP contribution < -0.4 is 91.6 Å². The first-order chi connectivity index (χ1) is 64.1. The van der Waals surface area contributed by atoms with Crippen molar-refractivity contribution in [2.75, 3.05) is 31.1 Å². The zero-order chi connectivity index (χ0) is 99.0. The lowest BCUT2D eigenvalue weighted by molar-refractivity contribution is -0.143. The van der Waals surface area contributed by atoms with Gasteiger partial charge in [-0.3, -0.25) is 81.5 Å². The van der Waals surface area contributed by atoms with Crippen LogP contribution >= 0.6 is 11.8 Å². The van der Waals surface area contributed by atoms with E-state index in [4.69, 9.17) is 17.2 Å². The standard InChI is InChI=1S/C95H129N19O20S/c1-50(2)40-67-83(122)107-71(43-57-27-31-60(32-28-57)59-22-15-12-16-23-59)89(128)111-78(52(5)6)92(131)103-66(36-38-97)95(134)114-39-19-26-75(114)91(130)102-65(35-37-96)82(121)104-68(41-51(3)4)88(127)112-79(53(7)8)93(132)113-80(55(10)115)94(133)110-74(90(129)100-54(9)81(98)120)48-135-49-76(117)101-69(42-56-20-13-11-14-21-56)84(123)106-70(44-58-29-33-62(116)34-30-58)85(124)109-73(46-77(118)119)87(126)108-72(86(125)105-67)45-61-47-99-64-25-18-17-24-63(61)64/h11-18,20-25,27-34,47,50-55,65-75,78-80,99,115-116H,19,26,35-46,48-49,96-97H2,1-10H3,(H2,98,120)(H,100,129)(H,101,117)(H,102,130)(H,103,131)(H,104,121)(H,105,125)(H,106,123)(H,107,122)(H,108,126)(H,109,124)(H,110,133)(H,111,128)(H,112,127)(H,113,132)(H,118,119)/t54-,55+,65-,66-,67-,68-,69-,70-,71-,72-,73-,74-,75+,78-,79-,80-/m0/s1. The molecule has 8 rings (SSSR count). The van der Waals surface area contributed by atoms with Gasteiger partial charge in [-0.25, -0.2) is 0 Å². The molecular weight excluding hydrogens is 1760 g/mol. The summed E-state index contributed by atoms with van der Waals surface area (Å²) in [5, 5.41) is 69.6. The number of phenolic OH excluding ortho intramolecular Hbond substituents is 1. The van der Waals surface area contributed by atoms with Crippen LogP contribution in [0.4, 0.5) is 0 Å². The normalized spacial score (nSPS) is 24.1. The third-order valence-electron chi connectivity index (χ3n) is 23.0. The molecule has 2 aliphatic rings. The summed E-state index contributed by atoms with van der Waals surface area (Å²) in [7, 11) is 0. The Labute approximate surface area is 787 Å². The minimum atomic E-state index is -2.06. The summed E-state index contributed by atoms with van der Waals surface area (Å²) in [5.74, 6) is -20.7. The quantitative estimate of drug-likeness (QED) is 0.0353. The van der Waals surface area contributed by atoms with Crippen molar-refractivity contribution < 1.29 is 96.8 Å². The number of H-pyrrole nitrogens is 1. The number of nitrogens with two attached hydrogens (primary N) is 3. The zero-order valence-corrected chi connectivity index (χ0v) is 78.3. The smallest absolute Gasteiger partial charge is 0.305 e. The highest BCUT2D eigenvalue weighted by molar-refractivity contribution is 8.00. The molecule has 2 aliphatic heterocycles. The Morgan fingerprint density at radius 3 is 1.39 bits per heavy atom. The van der Waals surface area contributed by atoms with Crippen LogP contribution in [0.2, 0.25) is 0 Å². The van der Waals surface area contributed by atoms with Crippen molar-refractivity contribution in [2.24, 2.45) is 40.9 Å². The molecule has 135 heavy (non-hydrogen) atoms. The number of carbonyl (C=O) groups is 17. The molecule has 0 radical (unpaired) electrons. The highest BCUT2D eigenvalue weighted by Crippen LogP contribution is 2.26. The Hall–Kier alpha value is -13.3. The number of aromatic amines is 1. The molecule has 0 bridgehead atoms. The molecule has 2 fully saturated rings. The predicted octanol–water partition coefficient (Wildman–Crippen LogP) is -0.201. The zero-order valence-electron chi connectivity index (χ0n) is 77.5. The molecule has 0 unspecified atom stereocenters. The Morgan fingerprint density at radius 1 is 0.452 bits per heavy atom. The van der Waals surface area contributed by atoms with Crippen molar-refractivity contribution >= 4 is 123 Å². The number of aromatic hydroxyl groups is 1. The fourth-order valence-electron chi connectivity index (χ4n) is 15.7. The van der Waals surface area contributed by atoms with Gasteiger partial charge in [-0.05, 0) is 141 Å². The first-order valence-corrected chi connectivity index (χ1v) is 46.5. The summed E-state index contributed by atoms with van der Waals surface area (Å²) in [5.41, 5.74) is 21.8. The first-order valence-electron chi connectivity index (χ1n) is 45.3. The Morgan fingerprint density at radius 2 is 0.867 bits per heavy atom. The van der Waals surface area contributed by atoms with Crippen LogP contribution in [-0.4, -0.2) is 254 Å². The molecule has 730 valence electrons. The summed E-state index contributed by atoms with van der Waals surface area (Å²) in [6.45, 7) is 15.4. The predicted molar refractivity (Wildman–Crippen MR) is 503 cm³/mol. The van der Waals surface area contributed by atoms with E-state index in [1.807, 2.05) is 42.5 Å². The molecule has 6 aromatic rings. The van der Waals surface area contributed by atoms with E-state index >= 15 is 28.8 Å². The van der Waals surface area contributed by atoms with Gasteiger partial charge in [0.15, 0.2) is 0 Å². The summed E-state index contributed by atoms with van der Waals surface area (Å²) >= 11 is 0.720. The molecule has 0 spiro atoms. The number of rotatable bonds is 25. The highest BCUT2D eigenvalue weighted by atomic mass is 32.2. The number of amides is 16. The Balaban J connectivity index is 1.20. The van der Waals surface area contributed by atoms with Gasteiger partial charge >= 0.3 is 5.97 Å². The number of thioether (sulfide) groups is 1. The highest BCUT2D eigenvalue weighted by Gasteiger charge is 2.44. The van der Waals surface area contributed by atoms with E-state index in [-0.39, 0.29) is 95.0 Å². The van der Waals surface area contributed by atoms with Gasteiger partial charge in [0.2, 0.25) is 94.5 Å². The second-order valence-corrected chi connectivity index (χ2v) is 36.6. The number of fused-ring (bicyclic) bond motifs is 2. The van der Waals surface area contributed by atoms with E-state index in [0.29, 0.717) is 33.2 Å². The van der Waals surface area contributed by atoms with Crippen LogP contribution in [0.15, 0.2) is 140 Å². The Kier molecular flexibility index (Phi) is 41.0. The van der Waals surface area contributed by atoms with Gasteiger partial charge < -0.3 is 117 Å². The van der Waals surface area contributed by atoms with Gasteiger partial charge in [0, 0.05) is 55.1 Å². The number of benzene rings is 5. The lowest BCUT2D eigenvalue weighted by Gasteiger charge is -2.32. The summed E-state index contributed by atoms with van der Waals surface area (Å²) in [6.07, 6.45) is -2.74. The maximum absolute atomic E-state index is 15.5. The maximum Gasteiger partial charge on any atom is 0.305 e. The lowest BCUT2D eigenvalue weighted by atomic mass is 9.97. The average molecular weight is 1890 g/mol. The van der Waals surface area contributed by atoms with Crippen LogP contribution in [-0.2, 0) is 107 Å². The minimum Gasteiger partial charge on any atom is -0.508 e. The average Bonchev–Trinajstić information content (AvgIpc) is 1.71. The van der Waals surface area contributed by atoms with Crippen molar-refractivity contribution in [2.45, 2.75) is 237 Å². The number of para-hydroxylation sites is 1. The monoisotopic (exact) mass is 1890 g/mol. The summed E-state index contributed by atoms with van der Waals surface area (Å²) in [4.78, 5) is 253. The number of aliphatic hydroxyl groups is 1. The summed E-state index contributed by atoms with van der Waals surface area (Å²) < 4.78 is 0. The molecule has 2 saturated heterocycles. The molecule has 16 amide bonds. The van der Waals surface area contributed by atoms with Gasteiger partial charge in [0.25, 0.3) is 0 Å². The number of nitrogens with one attached hydrogen (secondary N) is 15. The van der Waals surface area contributed by atoms with Crippen molar-refractivity contribution in [1.29, 1.82) is 0 Å². The molecule has 1 aromatic heterocycles. The van der Waals surface area contributed by atoms with Crippen LogP contribution in [0.5, 0.6) is 5.75 Å². The fraction of sp³-hybridized carbons (Fsp3) is 0.484. The number of aliphatic hydroxyl groups excluding tert-OH is 1. The number of nitrogens with zero attached hydrogens (tertiary/aromatic N) is 1. The fourth-order valence-corrected chi connectivity index (χ4v) is 16.5. The molecule has 5 aromatic carbocycles. The van der Waals surface area contributed by atoms with Crippen molar-refractivity contribution in [3.8, 4) is 16.9 Å². The molecular formula is C95H129N19O20S.